The van der Waals surface area contributed by atoms with Crippen molar-refractivity contribution in [2.24, 2.45) is 0 Å². The lowest BCUT2D eigenvalue weighted by atomic mass is 10.0. The molecule has 3 nitrogen and oxygen atoms in total. The average molecular weight is 540 g/mol. The summed E-state index contributed by atoms with van der Waals surface area (Å²) >= 11 is 1.86. The molecule has 4 heteroatoms. The van der Waals surface area contributed by atoms with Crippen LogP contribution in [0.4, 0.5) is 0 Å². The Labute approximate surface area is 238 Å². The molecule has 0 saturated heterocycles. The number of para-hydroxylation sites is 4. The first kappa shape index (κ1) is 21.6. The molecule has 0 bridgehead atoms. The van der Waals surface area contributed by atoms with Crippen LogP contribution in [-0.2, 0) is 0 Å². The smallest absolute Gasteiger partial charge is 0.146 e. The predicted octanol–water partition coefficient (Wildman–Crippen LogP) is 10.3. The van der Waals surface area contributed by atoms with Crippen LogP contribution in [0, 0.1) is 0 Å². The fourth-order valence-electron chi connectivity index (χ4n) is 6.89. The minimum absolute atomic E-state index is 1.01. The van der Waals surface area contributed by atoms with Gasteiger partial charge in [-0.25, -0.2) is 4.98 Å². The molecule has 0 aliphatic heterocycles. The standard InChI is InChI=1S/C37H21N3S/c1-2-10-22(11-3-1)39-31-15-7-4-12-23(31)26-19-34-27(20-33(26)39)25-18-28-24-13-5-9-17-35(24)41-36(28)21-29(25)37-38-30-14-6-8-16-32(30)40(34)37/h1-21H. The van der Waals surface area contributed by atoms with Gasteiger partial charge in [-0.3, -0.25) is 4.40 Å². The van der Waals surface area contributed by atoms with Crippen molar-refractivity contribution in [1.29, 1.82) is 0 Å². The van der Waals surface area contributed by atoms with Crippen molar-refractivity contribution in [2.75, 3.05) is 0 Å². The van der Waals surface area contributed by atoms with Gasteiger partial charge < -0.3 is 4.57 Å². The van der Waals surface area contributed by atoms with Gasteiger partial charge in [0.1, 0.15) is 5.65 Å². The summed E-state index contributed by atoms with van der Waals surface area (Å²) < 4.78 is 7.40. The van der Waals surface area contributed by atoms with E-state index in [0.717, 1.165) is 16.7 Å². The molecule has 0 amide bonds. The van der Waals surface area contributed by atoms with Crippen molar-refractivity contribution in [2.45, 2.75) is 0 Å². The van der Waals surface area contributed by atoms with Crippen LogP contribution >= 0.6 is 11.3 Å². The summed E-state index contributed by atoms with van der Waals surface area (Å²) in [4.78, 5) is 5.21. The Morgan fingerprint density at radius 3 is 2.05 bits per heavy atom. The van der Waals surface area contributed by atoms with E-state index in [4.69, 9.17) is 4.98 Å². The third-order valence-electron chi connectivity index (χ3n) is 8.65. The Morgan fingerprint density at radius 2 is 1.15 bits per heavy atom. The number of hydrogen-bond acceptors (Lipinski definition) is 2. The maximum atomic E-state index is 5.21. The summed E-state index contributed by atoms with van der Waals surface area (Å²) in [6.07, 6.45) is 0. The molecule has 6 aromatic carbocycles. The number of nitrogens with zero attached hydrogens (tertiary/aromatic N) is 3. The maximum Gasteiger partial charge on any atom is 0.146 e. The van der Waals surface area contributed by atoms with Crippen LogP contribution in [0.5, 0.6) is 0 Å². The number of thiophene rings is 1. The molecule has 0 N–H and O–H groups in total. The van der Waals surface area contributed by atoms with Gasteiger partial charge in [-0.15, -0.1) is 11.3 Å². The van der Waals surface area contributed by atoms with Gasteiger partial charge in [-0.1, -0.05) is 66.7 Å². The van der Waals surface area contributed by atoms with Gasteiger partial charge in [-0.05, 0) is 66.0 Å². The predicted molar refractivity (Wildman–Crippen MR) is 175 cm³/mol. The zero-order chi connectivity index (χ0) is 26.7. The molecule has 41 heavy (non-hydrogen) atoms. The first-order valence-electron chi connectivity index (χ1n) is 13.9. The van der Waals surface area contributed by atoms with Crippen LogP contribution in [0.3, 0.4) is 0 Å². The minimum Gasteiger partial charge on any atom is -0.309 e. The molecule has 190 valence electrons. The lowest BCUT2D eigenvalue weighted by Gasteiger charge is -2.12. The third-order valence-corrected chi connectivity index (χ3v) is 9.79. The summed E-state index contributed by atoms with van der Waals surface area (Å²) in [6, 6.07) is 46.3. The zero-order valence-corrected chi connectivity index (χ0v) is 22.7. The molecule has 0 radical (unpaired) electrons. The molecule has 0 unspecified atom stereocenters. The van der Waals surface area contributed by atoms with Crippen LogP contribution in [-0.4, -0.2) is 14.0 Å². The van der Waals surface area contributed by atoms with Gasteiger partial charge in [0, 0.05) is 47.4 Å². The first-order chi connectivity index (χ1) is 20.3. The molecule has 10 aromatic rings. The van der Waals surface area contributed by atoms with Gasteiger partial charge >= 0.3 is 0 Å². The second-order valence-electron chi connectivity index (χ2n) is 10.8. The topological polar surface area (TPSA) is 22.2 Å². The number of hydrogen-bond donors (Lipinski definition) is 0. The molecular formula is C37H21N3S. The monoisotopic (exact) mass is 539 g/mol. The average Bonchev–Trinajstić information content (AvgIpc) is 3.69. The molecule has 4 aromatic heterocycles. The van der Waals surface area contributed by atoms with E-state index >= 15 is 0 Å². The van der Waals surface area contributed by atoms with E-state index in [1.165, 1.54) is 69.3 Å². The Hall–Kier alpha value is -5.19. The summed E-state index contributed by atoms with van der Waals surface area (Å²) in [5.41, 5.74) is 7.95. The number of aromatic nitrogens is 3. The normalized spacial score (nSPS) is 12.4. The van der Waals surface area contributed by atoms with Gasteiger partial charge in [0.25, 0.3) is 0 Å². The zero-order valence-electron chi connectivity index (χ0n) is 21.9. The van der Waals surface area contributed by atoms with Crippen molar-refractivity contribution in [3.05, 3.63) is 127 Å². The van der Waals surface area contributed by atoms with Gasteiger partial charge in [-0.2, -0.15) is 0 Å². The lowest BCUT2D eigenvalue weighted by molar-refractivity contribution is 1.18. The Morgan fingerprint density at radius 1 is 0.439 bits per heavy atom. The molecule has 0 aliphatic rings. The lowest BCUT2D eigenvalue weighted by Crippen LogP contribution is -1.95. The fraction of sp³-hybridized carbons (Fsp3) is 0. The largest absolute Gasteiger partial charge is 0.309 e. The van der Waals surface area contributed by atoms with Crippen molar-refractivity contribution in [3.63, 3.8) is 0 Å². The van der Waals surface area contributed by atoms with Crippen LogP contribution in [0.2, 0.25) is 0 Å². The van der Waals surface area contributed by atoms with E-state index in [1.54, 1.807) is 0 Å². The van der Waals surface area contributed by atoms with Crippen LogP contribution in [0.15, 0.2) is 127 Å². The van der Waals surface area contributed by atoms with Crippen molar-refractivity contribution in [3.8, 4) is 5.69 Å². The quantitative estimate of drug-likeness (QED) is 0.190. The number of benzene rings is 6. The summed E-state index contributed by atoms with van der Waals surface area (Å²) in [5, 5.41) is 8.79. The van der Waals surface area contributed by atoms with E-state index in [2.05, 4.69) is 136 Å². The van der Waals surface area contributed by atoms with E-state index in [-0.39, 0.29) is 0 Å². The third kappa shape index (κ3) is 2.79. The summed E-state index contributed by atoms with van der Waals surface area (Å²) in [7, 11) is 0. The number of imidazole rings is 1. The number of rotatable bonds is 1. The Kier molecular flexibility index (Phi) is 4.07. The van der Waals surface area contributed by atoms with E-state index < -0.39 is 0 Å². The van der Waals surface area contributed by atoms with Gasteiger partial charge in [0.15, 0.2) is 0 Å². The first-order valence-corrected chi connectivity index (χ1v) is 14.7. The highest BCUT2D eigenvalue weighted by Gasteiger charge is 2.19. The Balaban J connectivity index is 1.50. The van der Waals surface area contributed by atoms with Crippen LogP contribution in [0.25, 0.3) is 86.0 Å². The number of fused-ring (bicyclic) bond motifs is 14. The molecule has 0 atom stereocenters. The highest BCUT2D eigenvalue weighted by Crippen LogP contribution is 2.42. The van der Waals surface area contributed by atoms with Crippen molar-refractivity contribution in [1.82, 2.24) is 14.0 Å². The SMILES string of the molecule is c1ccc(-n2c3ccccc3c3cc4c(cc32)c2cc3c(cc2c2nc5ccccc5n42)sc2ccccc23)cc1. The molecule has 10 rings (SSSR count). The van der Waals surface area contributed by atoms with Gasteiger partial charge in [0.05, 0.1) is 27.6 Å². The summed E-state index contributed by atoms with van der Waals surface area (Å²) in [6.45, 7) is 0. The van der Waals surface area contributed by atoms with E-state index in [1.807, 2.05) is 11.3 Å². The Bertz CT molecular complexity index is 2690. The molecule has 0 aliphatic carbocycles. The molecule has 4 heterocycles. The van der Waals surface area contributed by atoms with Crippen molar-refractivity contribution >= 4 is 91.7 Å². The number of pyridine rings is 1. The maximum absolute atomic E-state index is 5.21. The second kappa shape index (κ2) is 7.72. The van der Waals surface area contributed by atoms with Crippen LogP contribution in [0.1, 0.15) is 0 Å². The molecule has 0 spiro atoms. The fourth-order valence-corrected chi connectivity index (χ4v) is 8.02. The molecule has 0 saturated carbocycles. The summed E-state index contributed by atoms with van der Waals surface area (Å²) in [5.74, 6) is 0. The van der Waals surface area contributed by atoms with Crippen molar-refractivity contribution < 1.29 is 0 Å². The van der Waals surface area contributed by atoms with E-state index in [0.29, 0.717) is 0 Å². The molecular weight excluding hydrogens is 518 g/mol. The van der Waals surface area contributed by atoms with Crippen LogP contribution < -0.4 is 0 Å². The minimum atomic E-state index is 1.01. The molecule has 0 fully saturated rings. The highest BCUT2D eigenvalue weighted by molar-refractivity contribution is 7.25. The van der Waals surface area contributed by atoms with Gasteiger partial charge in [0.2, 0.25) is 0 Å². The van der Waals surface area contributed by atoms with E-state index in [9.17, 15) is 0 Å². The highest BCUT2D eigenvalue weighted by atomic mass is 32.1. The second-order valence-corrected chi connectivity index (χ2v) is 11.9.